The third-order valence-corrected chi connectivity index (χ3v) is 4.13. The molecular weight excluding hydrogens is 322 g/mol. The average Bonchev–Trinajstić information content (AvgIpc) is 2.96. The van der Waals surface area contributed by atoms with Gasteiger partial charge in [-0.25, -0.2) is 0 Å². The largest absolute Gasteiger partial charge is 0.497 e. The summed E-state index contributed by atoms with van der Waals surface area (Å²) in [5.74, 6) is 0.511. The first-order valence-electron chi connectivity index (χ1n) is 6.87. The van der Waals surface area contributed by atoms with Gasteiger partial charge in [-0.15, -0.1) is 0 Å². The molecule has 1 aromatic carbocycles. The van der Waals surface area contributed by atoms with Gasteiger partial charge in [-0.05, 0) is 18.2 Å². The summed E-state index contributed by atoms with van der Waals surface area (Å²) in [4.78, 5) is 36.7. The van der Waals surface area contributed by atoms with E-state index in [1.54, 1.807) is 12.1 Å². The van der Waals surface area contributed by atoms with Crippen LogP contribution >= 0.6 is 11.8 Å². The van der Waals surface area contributed by atoms with E-state index >= 15 is 0 Å². The van der Waals surface area contributed by atoms with E-state index in [0.717, 1.165) is 11.8 Å². The minimum atomic E-state index is -0.615. The van der Waals surface area contributed by atoms with Crippen LogP contribution in [0.25, 0.3) is 0 Å². The zero-order chi connectivity index (χ0) is 16.8. The third kappa shape index (κ3) is 4.38. The van der Waals surface area contributed by atoms with Gasteiger partial charge in [0, 0.05) is 12.3 Å². The molecule has 7 nitrogen and oxygen atoms in total. The Kier molecular flexibility index (Phi) is 5.86. The molecule has 0 radical (unpaired) electrons. The lowest BCUT2D eigenvalue weighted by Crippen LogP contribution is -2.31. The second kappa shape index (κ2) is 7.87. The van der Waals surface area contributed by atoms with Crippen LogP contribution in [0.5, 0.6) is 11.5 Å². The van der Waals surface area contributed by atoms with Crippen LogP contribution in [-0.4, -0.2) is 61.6 Å². The van der Waals surface area contributed by atoms with Gasteiger partial charge in [0.1, 0.15) is 18.0 Å². The van der Waals surface area contributed by atoms with E-state index in [4.69, 9.17) is 14.2 Å². The fourth-order valence-corrected chi connectivity index (χ4v) is 2.85. The van der Waals surface area contributed by atoms with Gasteiger partial charge in [0.05, 0.1) is 19.8 Å². The summed E-state index contributed by atoms with van der Waals surface area (Å²) in [5, 5.41) is -0.150. The number of hydrogen-bond acceptors (Lipinski definition) is 7. The second-order valence-electron chi connectivity index (χ2n) is 4.69. The highest BCUT2D eigenvalue weighted by molar-refractivity contribution is 8.13. The minimum absolute atomic E-state index is 0.144. The standard InChI is InChI=1S/C15H17NO6S/c1-20-10-3-4-13(21-2)11(7-10)12(17)9-22-14(18)8-16-5-6-23-15(16)19/h3-4,7H,5-6,8-9H2,1-2H3. The summed E-state index contributed by atoms with van der Waals surface area (Å²) >= 11 is 1.16. The van der Waals surface area contributed by atoms with Crippen molar-refractivity contribution in [2.75, 3.05) is 39.7 Å². The van der Waals surface area contributed by atoms with Gasteiger partial charge in [0.25, 0.3) is 5.24 Å². The van der Waals surface area contributed by atoms with E-state index in [0.29, 0.717) is 23.8 Å². The van der Waals surface area contributed by atoms with E-state index in [9.17, 15) is 14.4 Å². The van der Waals surface area contributed by atoms with Gasteiger partial charge in [0.15, 0.2) is 6.61 Å². The highest BCUT2D eigenvalue weighted by atomic mass is 32.2. The zero-order valence-corrected chi connectivity index (χ0v) is 13.7. The van der Waals surface area contributed by atoms with Gasteiger partial charge < -0.3 is 19.1 Å². The molecule has 0 bridgehead atoms. The molecular formula is C15H17NO6S. The predicted molar refractivity (Wildman–Crippen MR) is 84.3 cm³/mol. The van der Waals surface area contributed by atoms with E-state index in [1.807, 2.05) is 0 Å². The lowest BCUT2D eigenvalue weighted by molar-refractivity contribution is -0.142. The molecule has 8 heteroatoms. The molecule has 1 saturated heterocycles. The summed E-state index contributed by atoms with van der Waals surface area (Å²) in [7, 11) is 2.93. The first kappa shape index (κ1) is 17.1. The van der Waals surface area contributed by atoms with E-state index in [1.165, 1.54) is 25.2 Å². The summed E-state index contributed by atoms with van der Waals surface area (Å²) in [6.07, 6.45) is 0. The number of benzene rings is 1. The maximum atomic E-state index is 12.2. The second-order valence-corrected chi connectivity index (χ2v) is 5.73. The number of Topliss-reactive ketones (excluding diaryl/α,β-unsaturated/α-hetero) is 1. The Balaban J connectivity index is 1.93. The topological polar surface area (TPSA) is 82.1 Å². The quantitative estimate of drug-likeness (QED) is 0.551. The van der Waals surface area contributed by atoms with Crippen molar-refractivity contribution >= 4 is 28.8 Å². The number of ether oxygens (including phenoxy) is 3. The van der Waals surface area contributed by atoms with Gasteiger partial charge >= 0.3 is 5.97 Å². The smallest absolute Gasteiger partial charge is 0.326 e. The van der Waals surface area contributed by atoms with Crippen molar-refractivity contribution < 1.29 is 28.6 Å². The molecule has 1 amide bonds. The molecule has 124 valence electrons. The van der Waals surface area contributed by atoms with Crippen molar-refractivity contribution in [3.8, 4) is 11.5 Å². The fourth-order valence-electron chi connectivity index (χ4n) is 2.03. The molecule has 0 aromatic heterocycles. The maximum Gasteiger partial charge on any atom is 0.326 e. The molecule has 1 heterocycles. The van der Waals surface area contributed by atoms with Crippen molar-refractivity contribution in [3.63, 3.8) is 0 Å². The van der Waals surface area contributed by atoms with Crippen LogP contribution in [0.2, 0.25) is 0 Å². The lowest BCUT2D eigenvalue weighted by Gasteiger charge is -2.13. The number of amides is 1. The first-order chi connectivity index (χ1) is 11.0. The number of hydrogen-bond donors (Lipinski definition) is 0. The summed E-state index contributed by atoms with van der Waals surface area (Å²) in [6.45, 7) is -0.0534. The van der Waals surface area contributed by atoms with Crippen molar-refractivity contribution in [3.05, 3.63) is 23.8 Å². The van der Waals surface area contributed by atoms with Crippen molar-refractivity contribution in [2.24, 2.45) is 0 Å². The summed E-state index contributed by atoms with van der Waals surface area (Å²) < 4.78 is 15.1. The van der Waals surface area contributed by atoms with Gasteiger partial charge in [-0.1, -0.05) is 11.8 Å². The van der Waals surface area contributed by atoms with Crippen LogP contribution in [0.3, 0.4) is 0 Å². The molecule has 0 atom stereocenters. The SMILES string of the molecule is COc1ccc(OC)c(C(=O)COC(=O)CN2CCSC2=O)c1. The number of rotatable bonds is 7. The number of methoxy groups -OCH3 is 2. The number of carbonyl (C=O) groups excluding carboxylic acids is 3. The predicted octanol–water partition coefficient (Wildman–Crippen LogP) is 1.60. The molecule has 0 aliphatic carbocycles. The average molecular weight is 339 g/mol. The van der Waals surface area contributed by atoms with Crippen LogP contribution in [0, 0.1) is 0 Å². The Morgan fingerprint density at radius 1 is 1.26 bits per heavy atom. The van der Waals surface area contributed by atoms with Crippen LogP contribution < -0.4 is 9.47 Å². The molecule has 1 fully saturated rings. The van der Waals surface area contributed by atoms with E-state index < -0.39 is 18.4 Å². The Bertz CT molecular complexity index is 618. The maximum absolute atomic E-state index is 12.2. The molecule has 0 saturated carbocycles. The Morgan fingerprint density at radius 3 is 2.65 bits per heavy atom. The van der Waals surface area contributed by atoms with Crippen LogP contribution in [-0.2, 0) is 9.53 Å². The zero-order valence-electron chi connectivity index (χ0n) is 12.9. The van der Waals surface area contributed by atoms with E-state index in [-0.39, 0.29) is 17.3 Å². The highest BCUT2D eigenvalue weighted by Gasteiger charge is 2.24. The number of carbonyl (C=O) groups is 3. The summed E-state index contributed by atoms with van der Waals surface area (Å²) in [5.41, 5.74) is 0.271. The van der Waals surface area contributed by atoms with Crippen molar-refractivity contribution in [1.82, 2.24) is 4.90 Å². The molecule has 1 aliphatic rings. The Labute approximate surface area is 137 Å². The van der Waals surface area contributed by atoms with Crippen molar-refractivity contribution in [2.45, 2.75) is 0 Å². The first-order valence-corrected chi connectivity index (χ1v) is 7.86. The van der Waals surface area contributed by atoms with Gasteiger partial charge in [-0.3, -0.25) is 14.4 Å². The number of thioether (sulfide) groups is 1. The van der Waals surface area contributed by atoms with Crippen LogP contribution in [0.1, 0.15) is 10.4 Å². The van der Waals surface area contributed by atoms with E-state index in [2.05, 4.69) is 0 Å². The van der Waals surface area contributed by atoms with Crippen LogP contribution in [0.15, 0.2) is 18.2 Å². The monoisotopic (exact) mass is 339 g/mol. The lowest BCUT2D eigenvalue weighted by atomic mass is 10.1. The molecule has 0 unspecified atom stereocenters. The molecule has 0 N–H and O–H groups in total. The molecule has 23 heavy (non-hydrogen) atoms. The minimum Gasteiger partial charge on any atom is -0.497 e. The van der Waals surface area contributed by atoms with Crippen LogP contribution in [0.4, 0.5) is 4.79 Å². The van der Waals surface area contributed by atoms with Gasteiger partial charge in [0.2, 0.25) is 5.78 Å². The van der Waals surface area contributed by atoms with Crippen molar-refractivity contribution in [1.29, 1.82) is 0 Å². The summed E-state index contributed by atoms with van der Waals surface area (Å²) in [6, 6.07) is 4.79. The highest BCUT2D eigenvalue weighted by Crippen LogP contribution is 2.24. The molecule has 1 aromatic rings. The Morgan fingerprint density at radius 2 is 2.04 bits per heavy atom. The number of nitrogens with zero attached hydrogens (tertiary/aromatic N) is 1. The number of esters is 1. The fraction of sp³-hybridized carbons (Fsp3) is 0.400. The molecule has 0 spiro atoms. The van der Waals surface area contributed by atoms with Gasteiger partial charge in [-0.2, -0.15) is 0 Å². The molecule has 1 aliphatic heterocycles. The normalized spacial score (nSPS) is 13.8. The Hall–Kier alpha value is -2.22. The number of ketones is 1. The third-order valence-electron chi connectivity index (χ3n) is 3.24. The molecule has 2 rings (SSSR count).